The van der Waals surface area contributed by atoms with Gasteiger partial charge in [-0.1, -0.05) is 30.3 Å². The minimum atomic E-state index is 0.00371. The van der Waals surface area contributed by atoms with E-state index < -0.39 is 0 Å². The smallest absolute Gasteiger partial charge is 0.222 e. The molecular weight excluding hydrogens is 290 g/mol. The maximum atomic E-state index is 12.2. The lowest BCUT2D eigenvalue weighted by Gasteiger charge is -2.33. The lowest BCUT2D eigenvalue weighted by atomic mass is 10.1. The standard InChI is InChI=1S/C18H27N3O2/c22-18(20-16-7-4-8-19-12-16)11-17-14-21(9-10-23-17)13-15-5-2-1-3-6-15/h1-3,5-6,16-17,19H,4,7-14H2,(H,20,22)/t16-,17?/m0/s1. The van der Waals surface area contributed by atoms with Crippen LogP contribution < -0.4 is 10.6 Å². The number of benzene rings is 1. The molecule has 5 heteroatoms. The molecule has 0 radical (unpaired) electrons. The van der Waals surface area contributed by atoms with Gasteiger partial charge in [-0.05, 0) is 24.9 Å². The number of amides is 1. The molecule has 2 aliphatic rings. The average molecular weight is 317 g/mol. The Morgan fingerprint density at radius 3 is 3.00 bits per heavy atom. The normalized spacial score (nSPS) is 25.9. The molecule has 2 aliphatic heterocycles. The van der Waals surface area contributed by atoms with E-state index in [1.165, 1.54) is 5.56 Å². The first-order chi connectivity index (χ1) is 11.3. The fraction of sp³-hybridized carbons (Fsp3) is 0.611. The molecular formula is C18H27N3O2. The molecule has 126 valence electrons. The fourth-order valence-corrected chi connectivity index (χ4v) is 3.36. The van der Waals surface area contributed by atoms with E-state index in [1.54, 1.807) is 0 Å². The first kappa shape index (κ1) is 16.4. The summed E-state index contributed by atoms with van der Waals surface area (Å²) in [5, 5.41) is 6.45. The van der Waals surface area contributed by atoms with E-state index >= 15 is 0 Å². The van der Waals surface area contributed by atoms with Crippen molar-refractivity contribution in [1.82, 2.24) is 15.5 Å². The Morgan fingerprint density at radius 1 is 1.35 bits per heavy atom. The summed E-state index contributed by atoms with van der Waals surface area (Å²) in [4.78, 5) is 14.6. The number of carbonyl (C=O) groups is 1. The predicted octanol–water partition coefficient (Wildman–Crippen LogP) is 1.15. The van der Waals surface area contributed by atoms with Crippen molar-refractivity contribution in [2.24, 2.45) is 0 Å². The van der Waals surface area contributed by atoms with Gasteiger partial charge in [0.2, 0.25) is 5.91 Å². The fourth-order valence-electron chi connectivity index (χ4n) is 3.36. The molecule has 2 atom stereocenters. The number of rotatable bonds is 5. The highest BCUT2D eigenvalue weighted by atomic mass is 16.5. The summed E-state index contributed by atoms with van der Waals surface area (Å²) < 4.78 is 5.79. The second-order valence-electron chi connectivity index (χ2n) is 6.53. The predicted molar refractivity (Wildman–Crippen MR) is 90.1 cm³/mol. The molecule has 0 aliphatic carbocycles. The van der Waals surface area contributed by atoms with Crippen molar-refractivity contribution in [2.75, 3.05) is 32.8 Å². The Morgan fingerprint density at radius 2 is 2.22 bits per heavy atom. The number of nitrogens with one attached hydrogen (secondary N) is 2. The molecule has 0 saturated carbocycles. The van der Waals surface area contributed by atoms with Gasteiger partial charge in [0.05, 0.1) is 19.1 Å². The van der Waals surface area contributed by atoms with E-state index in [1.807, 2.05) is 6.07 Å². The molecule has 1 amide bonds. The summed E-state index contributed by atoms with van der Waals surface area (Å²) >= 11 is 0. The molecule has 2 heterocycles. The minimum Gasteiger partial charge on any atom is -0.375 e. The van der Waals surface area contributed by atoms with Crippen molar-refractivity contribution in [3.05, 3.63) is 35.9 Å². The van der Waals surface area contributed by atoms with Crippen molar-refractivity contribution in [2.45, 2.75) is 38.0 Å². The van der Waals surface area contributed by atoms with Gasteiger partial charge in [0.15, 0.2) is 0 Å². The van der Waals surface area contributed by atoms with Gasteiger partial charge in [0.1, 0.15) is 0 Å². The van der Waals surface area contributed by atoms with E-state index in [0.717, 1.165) is 45.6 Å². The summed E-state index contributed by atoms with van der Waals surface area (Å²) in [5.41, 5.74) is 1.31. The number of nitrogens with zero attached hydrogens (tertiary/aromatic N) is 1. The van der Waals surface area contributed by atoms with Crippen molar-refractivity contribution in [1.29, 1.82) is 0 Å². The van der Waals surface area contributed by atoms with Gasteiger partial charge < -0.3 is 15.4 Å². The lowest BCUT2D eigenvalue weighted by Crippen LogP contribution is -2.48. The third-order valence-corrected chi connectivity index (χ3v) is 4.55. The van der Waals surface area contributed by atoms with Gasteiger partial charge >= 0.3 is 0 Å². The molecule has 1 aromatic rings. The van der Waals surface area contributed by atoms with E-state index in [0.29, 0.717) is 13.0 Å². The average Bonchev–Trinajstić information content (AvgIpc) is 2.57. The van der Waals surface area contributed by atoms with Crippen molar-refractivity contribution in [3.63, 3.8) is 0 Å². The summed E-state index contributed by atoms with van der Waals surface area (Å²) in [6, 6.07) is 10.7. The van der Waals surface area contributed by atoms with E-state index in [9.17, 15) is 4.79 Å². The Balaban J connectivity index is 1.43. The lowest BCUT2D eigenvalue weighted by molar-refractivity contribution is -0.127. The molecule has 1 aromatic carbocycles. The van der Waals surface area contributed by atoms with Gasteiger partial charge in [0, 0.05) is 32.2 Å². The summed E-state index contributed by atoms with van der Waals surface area (Å²) in [7, 11) is 0. The third kappa shape index (κ3) is 5.30. The summed E-state index contributed by atoms with van der Waals surface area (Å²) in [6.07, 6.45) is 2.67. The Bertz CT molecular complexity index is 488. The molecule has 2 saturated heterocycles. The number of hydrogen-bond acceptors (Lipinski definition) is 4. The Labute approximate surface area is 138 Å². The first-order valence-electron chi connectivity index (χ1n) is 8.67. The van der Waals surface area contributed by atoms with Crippen LogP contribution in [-0.2, 0) is 16.1 Å². The van der Waals surface area contributed by atoms with Crippen LogP contribution in [0.4, 0.5) is 0 Å². The van der Waals surface area contributed by atoms with Crippen LogP contribution in [0.15, 0.2) is 30.3 Å². The van der Waals surface area contributed by atoms with E-state index in [2.05, 4.69) is 39.8 Å². The van der Waals surface area contributed by atoms with Crippen LogP contribution in [0.2, 0.25) is 0 Å². The highest BCUT2D eigenvalue weighted by molar-refractivity contribution is 5.76. The van der Waals surface area contributed by atoms with Gasteiger partial charge in [-0.25, -0.2) is 0 Å². The molecule has 1 unspecified atom stereocenters. The van der Waals surface area contributed by atoms with Crippen LogP contribution in [0.5, 0.6) is 0 Å². The SMILES string of the molecule is O=C(CC1CN(Cc2ccccc2)CCO1)N[C@H]1CCCNC1. The Kier molecular flexibility index (Phi) is 6.02. The zero-order chi connectivity index (χ0) is 15.9. The quantitative estimate of drug-likeness (QED) is 0.855. The molecule has 2 fully saturated rings. The van der Waals surface area contributed by atoms with Crippen LogP contribution in [0.25, 0.3) is 0 Å². The van der Waals surface area contributed by atoms with Crippen molar-refractivity contribution < 1.29 is 9.53 Å². The molecule has 5 nitrogen and oxygen atoms in total. The first-order valence-corrected chi connectivity index (χ1v) is 8.67. The molecule has 0 aromatic heterocycles. The highest BCUT2D eigenvalue weighted by Crippen LogP contribution is 2.13. The van der Waals surface area contributed by atoms with Crippen LogP contribution in [-0.4, -0.2) is 55.7 Å². The van der Waals surface area contributed by atoms with Gasteiger partial charge in [-0.2, -0.15) is 0 Å². The molecule has 0 spiro atoms. The number of ether oxygens (including phenoxy) is 1. The number of hydrogen-bond donors (Lipinski definition) is 2. The van der Waals surface area contributed by atoms with Crippen LogP contribution in [0, 0.1) is 0 Å². The molecule has 0 bridgehead atoms. The monoisotopic (exact) mass is 317 g/mol. The van der Waals surface area contributed by atoms with Gasteiger partial charge in [0.25, 0.3) is 0 Å². The summed E-state index contributed by atoms with van der Waals surface area (Å²) in [6.45, 7) is 5.33. The Hall–Kier alpha value is -1.43. The highest BCUT2D eigenvalue weighted by Gasteiger charge is 2.24. The topological polar surface area (TPSA) is 53.6 Å². The second kappa shape index (κ2) is 8.43. The maximum absolute atomic E-state index is 12.2. The van der Waals surface area contributed by atoms with Crippen LogP contribution in [0.3, 0.4) is 0 Å². The molecule has 23 heavy (non-hydrogen) atoms. The van der Waals surface area contributed by atoms with Crippen molar-refractivity contribution in [3.8, 4) is 0 Å². The molecule has 2 N–H and O–H groups in total. The van der Waals surface area contributed by atoms with E-state index in [4.69, 9.17) is 4.74 Å². The summed E-state index contributed by atoms with van der Waals surface area (Å²) in [5.74, 6) is 0.116. The van der Waals surface area contributed by atoms with Crippen molar-refractivity contribution >= 4 is 5.91 Å². The largest absolute Gasteiger partial charge is 0.375 e. The van der Waals surface area contributed by atoms with Gasteiger partial charge in [-0.15, -0.1) is 0 Å². The zero-order valence-corrected chi connectivity index (χ0v) is 13.7. The minimum absolute atomic E-state index is 0.00371. The molecule has 3 rings (SSSR count). The van der Waals surface area contributed by atoms with Gasteiger partial charge in [-0.3, -0.25) is 9.69 Å². The van der Waals surface area contributed by atoms with Crippen LogP contribution >= 0.6 is 0 Å². The number of morpholine rings is 1. The van der Waals surface area contributed by atoms with E-state index in [-0.39, 0.29) is 18.1 Å². The third-order valence-electron chi connectivity index (χ3n) is 4.55. The van der Waals surface area contributed by atoms with Crippen LogP contribution in [0.1, 0.15) is 24.8 Å². The number of carbonyl (C=O) groups excluding carboxylic acids is 1. The maximum Gasteiger partial charge on any atom is 0.222 e. The number of piperidine rings is 1. The second-order valence-corrected chi connectivity index (χ2v) is 6.53. The zero-order valence-electron chi connectivity index (χ0n) is 13.7.